The Balaban J connectivity index is 1.64. The number of fused-ring (bicyclic) bond motifs is 2. The highest BCUT2D eigenvalue weighted by Gasteiger charge is 2.42. The minimum atomic E-state index is -2.71. The van der Waals surface area contributed by atoms with Crippen LogP contribution in [0.15, 0.2) is 6.07 Å². The molecule has 0 aromatic carbocycles. The molecule has 21 heavy (non-hydrogen) atoms. The fourth-order valence-electron chi connectivity index (χ4n) is 4.09. The highest BCUT2D eigenvalue weighted by atomic mass is 19.3. The van der Waals surface area contributed by atoms with E-state index >= 15 is 0 Å². The van der Waals surface area contributed by atoms with E-state index in [1.807, 2.05) is 6.92 Å². The number of nitrogens with one attached hydrogen (secondary N) is 1. The Morgan fingerprint density at radius 3 is 2.71 bits per heavy atom. The number of hydrogen-bond acceptors (Lipinski definition) is 2. The van der Waals surface area contributed by atoms with Crippen LogP contribution in [0, 0.1) is 24.7 Å². The summed E-state index contributed by atoms with van der Waals surface area (Å²) in [6.45, 7) is 0.824. The molecule has 2 aliphatic carbocycles. The van der Waals surface area contributed by atoms with Crippen LogP contribution in [0.1, 0.15) is 55.3 Å². The lowest BCUT2D eigenvalue weighted by Crippen LogP contribution is -2.40. The second-order valence-electron chi connectivity index (χ2n) is 6.49. The smallest absolute Gasteiger partial charge is 0.333 e. The maximum Gasteiger partial charge on any atom is 0.333 e. The molecule has 2 bridgehead atoms. The molecule has 0 saturated heterocycles. The van der Waals surface area contributed by atoms with Gasteiger partial charge in [-0.25, -0.2) is 4.68 Å². The molecular formula is C15H21F2N3O. The number of carbonyl (C=O) groups excluding carboxylic acids is 1. The van der Waals surface area contributed by atoms with E-state index in [-0.39, 0.29) is 17.6 Å². The van der Waals surface area contributed by atoms with Gasteiger partial charge in [0.1, 0.15) is 0 Å². The van der Waals surface area contributed by atoms with Gasteiger partial charge in [-0.2, -0.15) is 13.9 Å². The van der Waals surface area contributed by atoms with E-state index in [0.29, 0.717) is 22.2 Å². The zero-order valence-corrected chi connectivity index (χ0v) is 12.4. The van der Waals surface area contributed by atoms with E-state index in [4.69, 9.17) is 0 Å². The van der Waals surface area contributed by atoms with Crippen LogP contribution in [0.5, 0.6) is 0 Å². The summed E-state index contributed by atoms with van der Waals surface area (Å²) < 4.78 is 25.9. The lowest BCUT2D eigenvalue weighted by Gasteiger charge is -2.28. The summed E-state index contributed by atoms with van der Waals surface area (Å²) in [5.74, 6) is 1.70. The van der Waals surface area contributed by atoms with Crippen LogP contribution < -0.4 is 5.32 Å². The average Bonchev–Trinajstić information content (AvgIpc) is 3.12. The third-order valence-corrected chi connectivity index (χ3v) is 5.13. The molecule has 3 rings (SSSR count). The van der Waals surface area contributed by atoms with E-state index in [9.17, 15) is 13.6 Å². The predicted molar refractivity (Wildman–Crippen MR) is 74.1 cm³/mol. The van der Waals surface area contributed by atoms with Crippen LogP contribution in [0.2, 0.25) is 0 Å². The monoisotopic (exact) mass is 297 g/mol. The van der Waals surface area contributed by atoms with Crippen molar-refractivity contribution in [3.63, 3.8) is 0 Å². The van der Waals surface area contributed by atoms with E-state index in [2.05, 4.69) is 10.4 Å². The molecule has 4 atom stereocenters. The molecule has 2 saturated carbocycles. The van der Waals surface area contributed by atoms with Crippen molar-refractivity contribution in [2.24, 2.45) is 17.8 Å². The number of rotatable bonds is 4. The first kappa shape index (κ1) is 14.5. The standard InChI is InChI=1S/C15H21F2N3O/c1-8-5-13(19-20(8)15(16)17)14(21)18-9(2)12-7-10-3-4-11(12)6-10/h5,9-12,15H,3-4,6-7H2,1-2H3,(H,18,21). The van der Waals surface area contributed by atoms with Crippen molar-refractivity contribution in [2.45, 2.75) is 52.1 Å². The highest BCUT2D eigenvalue weighted by molar-refractivity contribution is 5.92. The summed E-state index contributed by atoms with van der Waals surface area (Å²) in [6.07, 6.45) is 5.04. The number of carbonyl (C=O) groups is 1. The van der Waals surface area contributed by atoms with Crippen LogP contribution in [0.25, 0.3) is 0 Å². The Bertz CT molecular complexity index is 543. The summed E-state index contributed by atoms with van der Waals surface area (Å²) in [7, 11) is 0. The van der Waals surface area contributed by atoms with Gasteiger partial charge >= 0.3 is 6.55 Å². The van der Waals surface area contributed by atoms with Crippen molar-refractivity contribution in [1.29, 1.82) is 0 Å². The fraction of sp³-hybridized carbons (Fsp3) is 0.733. The molecule has 2 fully saturated rings. The lowest BCUT2D eigenvalue weighted by molar-refractivity contribution is 0.0538. The first-order valence-electron chi connectivity index (χ1n) is 7.61. The maximum atomic E-state index is 12.7. The third-order valence-electron chi connectivity index (χ3n) is 5.13. The SMILES string of the molecule is Cc1cc(C(=O)NC(C)C2CC3CCC2C3)nn1C(F)F. The third kappa shape index (κ3) is 2.68. The number of aryl methyl sites for hydroxylation is 1. The van der Waals surface area contributed by atoms with Gasteiger partial charge in [-0.05, 0) is 56.9 Å². The Hall–Kier alpha value is -1.46. The first-order valence-corrected chi connectivity index (χ1v) is 7.61. The number of nitrogens with zero attached hydrogens (tertiary/aromatic N) is 2. The van der Waals surface area contributed by atoms with Crippen molar-refractivity contribution in [1.82, 2.24) is 15.1 Å². The number of alkyl halides is 2. The van der Waals surface area contributed by atoms with Crippen molar-refractivity contribution < 1.29 is 13.6 Å². The second-order valence-corrected chi connectivity index (χ2v) is 6.49. The van der Waals surface area contributed by atoms with Crippen molar-refractivity contribution in [2.75, 3.05) is 0 Å². The van der Waals surface area contributed by atoms with Gasteiger partial charge in [0.05, 0.1) is 0 Å². The van der Waals surface area contributed by atoms with E-state index in [0.717, 1.165) is 5.92 Å². The molecule has 1 aromatic heterocycles. The van der Waals surface area contributed by atoms with Crippen LogP contribution in [-0.2, 0) is 0 Å². The number of halogens is 2. The molecule has 1 amide bonds. The van der Waals surface area contributed by atoms with Gasteiger partial charge in [0.25, 0.3) is 5.91 Å². The zero-order valence-electron chi connectivity index (χ0n) is 12.4. The normalized spacial score (nSPS) is 29.1. The highest BCUT2D eigenvalue weighted by Crippen LogP contribution is 2.49. The maximum absolute atomic E-state index is 12.7. The summed E-state index contributed by atoms with van der Waals surface area (Å²) >= 11 is 0. The molecule has 6 heteroatoms. The Labute approximate surface area is 122 Å². The van der Waals surface area contributed by atoms with Gasteiger partial charge in [-0.3, -0.25) is 4.79 Å². The van der Waals surface area contributed by atoms with Crippen LogP contribution in [0.3, 0.4) is 0 Å². The van der Waals surface area contributed by atoms with Crippen LogP contribution in [0.4, 0.5) is 8.78 Å². The molecule has 1 heterocycles. The molecule has 2 aliphatic rings. The summed E-state index contributed by atoms with van der Waals surface area (Å²) in [5.41, 5.74) is 0.366. The number of aromatic nitrogens is 2. The van der Waals surface area contributed by atoms with Crippen LogP contribution >= 0.6 is 0 Å². The molecular weight excluding hydrogens is 276 g/mol. The van der Waals surface area contributed by atoms with Gasteiger partial charge in [0, 0.05) is 11.7 Å². The molecule has 0 spiro atoms. The molecule has 4 nitrogen and oxygen atoms in total. The van der Waals surface area contributed by atoms with E-state index in [1.165, 1.54) is 38.7 Å². The first-order chi connectivity index (χ1) is 9.95. The fourth-order valence-corrected chi connectivity index (χ4v) is 4.09. The predicted octanol–water partition coefficient (Wildman–Crippen LogP) is 3.14. The van der Waals surface area contributed by atoms with Gasteiger partial charge < -0.3 is 5.32 Å². The Morgan fingerprint density at radius 2 is 2.19 bits per heavy atom. The van der Waals surface area contributed by atoms with Gasteiger partial charge in [-0.1, -0.05) is 6.42 Å². The van der Waals surface area contributed by atoms with E-state index in [1.54, 1.807) is 0 Å². The van der Waals surface area contributed by atoms with Crippen molar-refractivity contribution in [3.05, 3.63) is 17.5 Å². The van der Waals surface area contributed by atoms with Crippen molar-refractivity contribution in [3.8, 4) is 0 Å². The topological polar surface area (TPSA) is 46.9 Å². The van der Waals surface area contributed by atoms with E-state index < -0.39 is 6.55 Å². The van der Waals surface area contributed by atoms with Crippen LogP contribution in [-0.4, -0.2) is 21.7 Å². The molecule has 0 radical (unpaired) electrons. The Morgan fingerprint density at radius 1 is 1.43 bits per heavy atom. The van der Waals surface area contributed by atoms with Gasteiger partial charge in [0.15, 0.2) is 5.69 Å². The zero-order chi connectivity index (χ0) is 15.1. The second kappa shape index (κ2) is 5.39. The summed E-state index contributed by atoms with van der Waals surface area (Å²) in [5, 5.41) is 6.63. The van der Waals surface area contributed by atoms with Gasteiger partial charge in [0.2, 0.25) is 0 Å². The molecule has 1 aromatic rings. The number of amides is 1. The quantitative estimate of drug-likeness (QED) is 0.928. The lowest BCUT2D eigenvalue weighted by atomic mass is 9.84. The minimum Gasteiger partial charge on any atom is -0.348 e. The largest absolute Gasteiger partial charge is 0.348 e. The molecule has 1 N–H and O–H groups in total. The summed E-state index contributed by atoms with van der Waals surface area (Å²) in [4.78, 5) is 12.2. The van der Waals surface area contributed by atoms with Gasteiger partial charge in [-0.15, -0.1) is 0 Å². The number of hydrogen-bond donors (Lipinski definition) is 1. The Kier molecular flexibility index (Phi) is 3.71. The molecule has 116 valence electrons. The minimum absolute atomic E-state index is 0.0720. The van der Waals surface area contributed by atoms with Crippen molar-refractivity contribution >= 4 is 5.91 Å². The summed E-state index contributed by atoms with van der Waals surface area (Å²) in [6, 6.07) is 1.49. The molecule has 4 unspecified atom stereocenters. The molecule has 0 aliphatic heterocycles. The average molecular weight is 297 g/mol.